The molecule has 3 nitrogen and oxygen atoms in total. The summed E-state index contributed by atoms with van der Waals surface area (Å²) in [5.41, 5.74) is 6.94. The molecule has 1 aromatic rings. The van der Waals surface area contributed by atoms with Crippen LogP contribution in [0.1, 0.15) is 25.5 Å². The second kappa shape index (κ2) is 3.58. The molecule has 0 unspecified atom stereocenters. The molecule has 1 aliphatic rings. The summed E-state index contributed by atoms with van der Waals surface area (Å²) in [7, 11) is 0. The second-order valence-corrected chi connectivity index (χ2v) is 3.99. The molecule has 0 aliphatic heterocycles. The van der Waals surface area contributed by atoms with Crippen molar-refractivity contribution in [2.75, 3.05) is 6.61 Å². The number of hydrogen-bond acceptors (Lipinski definition) is 3. The van der Waals surface area contributed by atoms with Crippen molar-refractivity contribution in [3.63, 3.8) is 0 Å². The van der Waals surface area contributed by atoms with E-state index in [1.807, 2.05) is 12.1 Å². The molecular weight excluding hydrogens is 176 g/mol. The van der Waals surface area contributed by atoms with Gasteiger partial charge in [0.25, 0.3) is 0 Å². The molecule has 0 aromatic carbocycles. The van der Waals surface area contributed by atoms with Crippen molar-refractivity contribution in [1.29, 1.82) is 0 Å². The third kappa shape index (κ3) is 2.23. The minimum absolute atomic E-state index is 0.0522. The highest BCUT2D eigenvalue weighted by Gasteiger charge is 2.39. The van der Waals surface area contributed by atoms with Gasteiger partial charge in [0.15, 0.2) is 0 Å². The highest BCUT2D eigenvalue weighted by Crippen LogP contribution is 2.32. The lowest BCUT2D eigenvalue weighted by Gasteiger charge is -2.10. The maximum Gasteiger partial charge on any atom is 0.137 e. The number of pyridine rings is 1. The summed E-state index contributed by atoms with van der Waals surface area (Å²) in [6, 6.07) is 3.95. The smallest absolute Gasteiger partial charge is 0.137 e. The van der Waals surface area contributed by atoms with Gasteiger partial charge in [0.1, 0.15) is 12.4 Å². The zero-order valence-corrected chi connectivity index (χ0v) is 8.49. The van der Waals surface area contributed by atoms with Crippen LogP contribution in [0.15, 0.2) is 18.3 Å². The minimum atomic E-state index is -0.0522. The first-order valence-corrected chi connectivity index (χ1v) is 5.08. The van der Waals surface area contributed by atoms with Crippen molar-refractivity contribution >= 4 is 0 Å². The molecule has 14 heavy (non-hydrogen) atoms. The van der Waals surface area contributed by atoms with E-state index in [0.29, 0.717) is 6.61 Å². The highest BCUT2D eigenvalue weighted by molar-refractivity contribution is 5.20. The van der Waals surface area contributed by atoms with E-state index >= 15 is 0 Å². The molecule has 0 saturated heterocycles. The fourth-order valence-electron chi connectivity index (χ4n) is 1.24. The van der Waals surface area contributed by atoms with Crippen LogP contribution in [0.25, 0.3) is 0 Å². The highest BCUT2D eigenvalue weighted by atomic mass is 16.5. The van der Waals surface area contributed by atoms with Gasteiger partial charge in [-0.2, -0.15) is 0 Å². The maximum atomic E-state index is 5.91. The number of aryl methyl sites for hydroxylation is 1. The van der Waals surface area contributed by atoms with Crippen LogP contribution >= 0.6 is 0 Å². The van der Waals surface area contributed by atoms with E-state index in [1.165, 1.54) is 0 Å². The Balaban J connectivity index is 1.89. The largest absolute Gasteiger partial charge is 0.490 e. The number of nitrogens with zero attached hydrogens (tertiary/aromatic N) is 1. The SMILES string of the molecule is CCc1ccc(OCC2(N)CC2)cn1. The van der Waals surface area contributed by atoms with Gasteiger partial charge in [0.05, 0.1) is 11.7 Å². The van der Waals surface area contributed by atoms with Crippen LogP contribution in [0, 0.1) is 0 Å². The van der Waals surface area contributed by atoms with Crippen LogP contribution in [0.3, 0.4) is 0 Å². The van der Waals surface area contributed by atoms with Gasteiger partial charge in [0.2, 0.25) is 0 Å². The van der Waals surface area contributed by atoms with Gasteiger partial charge in [0, 0.05) is 5.69 Å². The van der Waals surface area contributed by atoms with E-state index < -0.39 is 0 Å². The fourth-order valence-corrected chi connectivity index (χ4v) is 1.24. The monoisotopic (exact) mass is 192 g/mol. The Kier molecular flexibility index (Phi) is 2.42. The molecular formula is C11H16N2O. The van der Waals surface area contributed by atoms with E-state index in [9.17, 15) is 0 Å². The third-order valence-corrected chi connectivity index (χ3v) is 2.58. The van der Waals surface area contributed by atoms with Gasteiger partial charge < -0.3 is 10.5 Å². The summed E-state index contributed by atoms with van der Waals surface area (Å²) in [5, 5.41) is 0. The lowest BCUT2D eigenvalue weighted by atomic mass is 10.3. The predicted molar refractivity (Wildman–Crippen MR) is 55.3 cm³/mol. The standard InChI is InChI=1S/C11H16N2O/c1-2-9-3-4-10(7-13-9)14-8-11(12)5-6-11/h3-4,7H,2,5-6,8,12H2,1H3. The summed E-state index contributed by atoms with van der Waals surface area (Å²) in [6.07, 6.45) is 4.88. The van der Waals surface area contributed by atoms with Crippen molar-refractivity contribution in [2.45, 2.75) is 31.7 Å². The molecule has 1 aliphatic carbocycles. The molecule has 0 bridgehead atoms. The van der Waals surface area contributed by atoms with Gasteiger partial charge in [-0.25, -0.2) is 0 Å². The van der Waals surface area contributed by atoms with Crippen LogP contribution in [0.2, 0.25) is 0 Å². The molecule has 0 amide bonds. The maximum absolute atomic E-state index is 5.91. The summed E-state index contributed by atoms with van der Waals surface area (Å²) < 4.78 is 5.54. The van der Waals surface area contributed by atoms with Gasteiger partial charge in [-0.15, -0.1) is 0 Å². The molecule has 0 atom stereocenters. The van der Waals surface area contributed by atoms with E-state index in [2.05, 4.69) is 11.9 Å². The predicted octanol–water partition coefficient (Wildman–Crippen LogP) is 1.51. The summed E-state index contributed by atoms with van der Waals surface area (Å²) >= 11 is 0. The molecule has 1 fully saturated rings. The van der Waals surface area contributed by atoms with Crippen molar-refractivity contribution in [3.8, 4) is 5.75 Å². The van der Waals surface area contributed by atoms with Crippen LogP contribution < -0.4 is 10.5 Å². The van der Waals surface area contributed by atoms with Crippen molar-refractivity contribution in [3.05, 3.63) is 24.0 Å². The first-order valence-electron chi connectivity index (χ1n) is 5.08. The van der Waals surface area contributed by atoms with Crippen molar-refractivity contribution in [2.24, 2.45) is 5.73 Å². The lowest BCUT2D eigenvalue weighted by molar-refractivity contribution is 0.278. The summed E-state index contributed by atoms with van der Waals surface area (Å²) in [4.78, 5) is 4.25. The number of aromatic nitrogens is 1. The molecule has 1 heterocycles. The third-order valence-electron chi connectivity index (χ3n) is 2.58. The Hall–Kier alpha value is -1.09. The van der Waals surface area contributed by atoms with E-state index in [4.69, 9.17) is 10.5 Å². The molecule has 1 saturated carbocycles. The Bertz CT molecular complexity index is 304. The molecule has 3 heteroatoms. The number of ether oxygens (including phenoxy) is 1. The van der Waals surface area contributed by atoms with Crippen LogP contribution in [0.4, 0.5) is 0 Å². The first-order chi connectivity index (χ1) is 6.72. The Morgan fingerprint density at radius 1 is 1.50 bits per heavy atom. The molecule has 2 rings (SSSR count). The molecule has 76 valence electrons. The molecule has 0 spiro atoms. The molecule has 0 radical (unpaired) electrons. The normalized spacial score (nSPS) is 17.9. The number of rotatable bonds is 4. The van der Waals surface area contributed by atoms with E-state index in [-0.39, 0.29) is 5.54 Å². The van der Waals surface area contributed by atoms with Gasteiger partial charge in [-0.3, -0.25) is 4.98 Å². The van der Waals surface area contributed by atoms with E-state index in [0.717, 1.165) is 30.7 Å². The summed E-state index contributed by atoms with van der Waals surface area (Å²) in [6.45, 7) is 2.70. The summed E-state index contributed by atoms with van der Waals surface area (Å²) in [5.74, 6) is 0.818. The Labute approximate surface area is 84.3 Å². The molecule has 2 N–H and O–H groups in total. The topological polar surface area (TPSA) is 48.1 Å². The first kappa shape index (κ1) is 9.46. The fraction of sp³-hybridized carbons (Fsp3) is 0.545. The molecule has 1 aromatic heterocycles. The van der Waals surface area contributed by atoms with Gasteiger partial charge in [-0.1, -0.05) is 6.92 Å². The van der Waals surface area contributed by atoms with Crippen LogP contribution in [-0.2, 0) is 6.42 Å². The Morgan fingerprint density at radius 2 is 2.29 bits per heavy atom. The van der Waals surface area contributed by atoms with Crippen LogP contribution in [-0.4, -0.2) is 17.1 Å². The van der Waals surface area contributed by atoms with E-state index in [1.54, 1.807) is 6.20 Å². The van der Waals surface area contributed by atoms with Crippen molar-refractivity contribution < 1.29 is 4.74 Å². The number of hydrogen-bond donors (Lipinski definition) is 1. The quantitative estimate of drug-likeness (QED) is 0.786. The zero-order valence-electron chi connectivity index (χ0n) is 8.49. The second-order valence-electron chi connectivity index (χ2n) is 3.99. The number of nitrogens with two attached hydrogens (primary N) is 1. The minimum Gasteiger partial charge on any atom is -0.490 e. The Morgan fingerprint density at radius 3 is 2.79 bits per heavy atom. The average molecular weight is 192 g/mol. The van der Waals surface area contributed by atoms with Crippen LogP contribution in [0.5, 0.6) is 5.75 Å². The zero-order chi connectivity index (χ0) is 10.0. The lowest BCUT2D eigenvalue weighted by Crippen LogP contribution is -2.29. The average Bonchev–Trinajstić information content (AvgIpc) is 2.95. The van der Waals surface area contributed by atoms with Crippen molar-refractivity contribution in [1.82, 2.24) is 4.98 Å². The van der Waals surface area contributed by atoms with Gasteiger partial charge in [-0.05, 0) is 31.4 Å². The van der Waals surface area contributed by atoms with Gasteiger partial charge >= 0.3 is 0 Å².